The molecule has 4 heteroatoms. The third-order valence-electron chi connectivity index (χ3n) is 2.61. The van der Waals surface area contributed by atoms with E-state index >= 15 is 0 Å². The van der Waals surface area contributed by atoms with Crippen LogP contribution in [0.4, 0.5) is 5.69 Å². The van der Waals surface area contributed by atoms with Crippen LogP contribution in [0.2, 0.25) is 0 Å². The Bertz CT molecular complexity index is 631. The van der Waals surface area contributed by atoms with E-state index in [9.17, 15) is 0 Å². The highest BCUT2D eigenvalue weighted by Crippen LogP contribution is 2.19. The lowest BCUT2D eigenvalue weighted by Gasteiger charge is -2.03. The van der Waals surface area contributed by atoms with E-state index in [4.69, 9.17) is 5.73 Å². The molecule has 0 saturated carbocycles. The SMILES string of the molecule is Cl.Nc1ccc2c(c1)ncn2-c1ccccc1. The standard InChI is InChI=1S/C13H11N3.ClH/c14-10-6-7-13-12(8-10)15-9-16(13)11-4-2-1-3-5-11;/h1-9H,14H2;1H. The molecule has 0 bridgehead atoms. The van der Waals surface area contributed by atoms with Crippen LogP contribution in [0.5, 0.6) is 0 Å². The van der Waals surface area contributed by atoms with Crippen LogP contribution in [0, 0.1) is 0 Å². The number of anilines is 1. The number of imidazole rings is 1. The molecule has 2 N–H and O–H groups in total. The van der Waals surface area contributed by atoms with Gasteiger partial charge in [-0.1, -0.05) is 18.2 Å². The van der Waals surface area contributed by atoms with Gasteiger partial charge in [-0.2, -0.15) is 0 Å². The van der Waals surface area contributed by atoms with Gasteiger partial charge >= 0.3 is 0 Å². The van der Waals surface area contributed by atoms with Crippen LogP contribution < -0.4 is 5.73 Å². The number of nitrogen functional groups attached to an aromatic ring is 1. The predicted octanol–water partition coefficient (Wildman–Crippen LogP) is 3.03. The van der Waals surface area contributed by atoms with Crippen LogP contribution in [-0.2, 0) is 0 Å². The average Bonchev–Trinajstić information content (AvgIpc) is 2.73. The van der Waals surface area contributed by atoms with Crippen molar-refractivity contribution in [3.63, 3.8) is 0 Å². The second-order valence-electron chi connectivity index (χ2n) is 3.70. The van der Waals surface area contributed by atoms with E-state index in [0.29, 0.717) is 0 Å². The minimum atomic E-state index is 0. The van der Waals surface area contributed by atoms with E-state index in [0.717, 1.165) is 22.4 Å². The van der Waals surface area contributed by atoms with Gasteiger partial charge in [-0.15, -0.1) is 12.4 Å². The van der Waals surface area contributed by atoms with Crippen molar-refractivity contribution in [2.75, 3.05) is 5.73 Å². The number of halogens is 1. The van der Waals surface area contributed by atoms with Crippen LogP contribution in [-0.4, -0.2) is 9.55 Å². The third kappa shape index (κ3) is 1.97. The number of benzene rings is 2. The van der Waals surface area contributed by atoms with Crippen LogP contribution in [0.1, 0.15) is 0 Å². The molecule has 3 aromatic rings. The normalized spacial score (nSPS) is 10.1. The second-order valence-corrected chi connectivity index (χ2v) is 3.70. The molecule has 1 aromatic heterocycles. The number of fused-ring (bicyclic) bond motifs is 1. The molecule has 0 saturated heterocycles. The summed E-state index contributed by atoms with van der Waals surface area (Å²) in [4.78, 5) is 4.34. The largest absolute Gasteiger partial charge is 0.399 e. The van der Waals surface area contributed by atoms with E-state index in [1.54, 1.807) is 0 Å². The fourth-order valence-corrected chi connectivity index (χ4v) is 1.82. The van der Waals surface area contributed by atoms with Gasteiger partial charge < -0.3 is 5.73 Å². The summed E-state index contributed by atoms with van der Waals surface area (Å²) >= 11 is 0. The molecule has 17 heavy (non-hydrogen) atoms. The molecule has 1 heterocycles. The van der Waals surface area contributed by atoms with E-state index in [2.05, 4.69) is 21.7 Å². The zero-order valence-corrected chi connectivity index (χ0v) is 9.89. The Hall–Kier alpha value is -2.00. The quantitative estimate of drug-likeness (QED) is 0.670. The van der Waals surface area contributed by atoms with Gasteiger partial charge in [0, 0.05) is 11.4 Å². The van der Waals surface area contributed by atoms with Crippen molar-refractivity contribution in [2.24, 2.45) is 0 Å². The van der Waals surface area contributed by atoms with Gasteiger partial charge in [-0.25, -0.2) is 4.98 Å². The van der Waals surface area contributed by atoms with Gasteiger partial charge in [-0.05, 0) is 30.3 Å². The highest BCUT2D eigenvalue weighted by Gasteiger charge is 2.03. The van der Waals surface area contributed by atoms with Crippen molar-refractivity contribution in [1.82, 2.24) is 9.55 Å². The molecule has 3 rings (SSSR count). The zero-order valence-electron chi connectivity index (χ0n) is 9.08. The highest BCUT2D eigenvalue weighted by atomic mass is 35.5. The van der Waals surface area contributed by atoms with Crippen molar-refractivity contribution in [2.45, 2.75) is 0 Å². The summed E-state index contributed by atoms with van der Waals surface area (Å²) in [6.07, 6.45) is 1.82. The number of aromatic nitrogens is 2. The van der Waals surface area contributed by atoms with E-state index in [1.807, 2.05) is 42.7 Å². The first kappa shape index (κ1) is 11.5. The molecule has 86 valence electrons. The Kier molecular flexibility index (Phi) is 3.02. The van der Waals surface area contributed by atoms with Crippen LogP contribution >= 0.6 is 12.4 Å². The summed E-state index contributed by atoms with van der Waals surface area (Å²) in [5, 5.41) is 0. The molecule has 0 aliphatic rings. The lowest BCUT2D eigenvalue weighted by Crippen LogP contribution is -1.91. The maximum absolute atomic E-state index is 5.72. The minimum absolute atomic E-state index is 0. The lowest BCUT2D eigenvalue weighted by molar-refractivity contribution is 1.09. The Morgan fingerprint density at radius 1 is 1.00 bits per heavy atom. The number of hydrogen-bond donors (Lipinski definition) is 1. The smallest absolute Gasteiger partial charge is 0.100 e. The van der Waals surface area contributed by atoms with Gasteiger partial charge in [0.05, 0.1) is 11.0 Å². The Balaban J connectivity index is 0.00000108. The summed E-state index contributed by atoms with van der Waals surface area (Å²) < 4.78 is 2.05. The van der Waals surface area contributed by atoms with E-state index in [1.165, 1.54) is 0 Å². The Morgan fingerprint density at radius 2 is 1.76 bits per heavy atom. The molecule has 0 atom stereocenters. The molecule has 0 aliphatic heterocycles. The fourth-order valence-electron chi connectivity index (χ4n) is 1.82. The van der Waals surface area contributed by atoms with Gasteiger partial charge in [0.2, 0.25) is 0 Å². The summed E-state index contributed by atoms with van der Waals surface area (Å²) in [7, 11) is 0. The van der Waals surface area contributed by atoms with Crippen LogP contribution in [0.15, 0.2) is 54.9 Å². The first-order valence-corrected chi connectivity index (χ1v) is 5.12. The van der Waals surface area contributed by atoms with Gasteiger partial charge in [0.25, 0.3) is 0 Å². The molecule has 0 fully saturated rings. The number of nitrogens with zero attached hydrogens (tertiary/aromatic N) is 2. The zero-order chi connectivity index (χ0) is 11.0. The maximum Gasteiger partial charge on any atom is 0.100 e. The summed E-state index contributed by atoms with van der Waals surface area (Å²) in [6.45, 7) is 0. The third-order valence-corrected chi connectivity index (χ3v) is 2.61. The molecule has 0 aliphatic carbocycles. The summed E-state index contributed by atoms with van der Waals surface area (Å²) in [5.74, 6) is 0. The molecular formula is C13H12ClN3. The molecule has 0 unspecified atom stereocenters. The maximum atomic E-state index is 5.72. The molecule has 0 amide bonds. The van der Waals surface area contributed by atoms with Crippen molar-refractivity contribution in [3.05, 3.63) is 54.9 Å². The van der Waals surface area contributed by atoms with Gasteiger partial charge in [0.1, 0.15) is 6.33 Å². The fraction of sp³-hybridized carbons (Fsp3) is 0. The first-order chi connectivity index (χ1) is 7.84. The lowest BCUT2D eigenvalue weighted by atomic mass is 10.2. The minimum Gasteiger partial charge on any atom is -0.399 e. The second kappa shape index (κ2) is 4.47. The molecular weight excluding hydrogens is 234 g/mol. The summed E-state index contributed by atoms with van der Waals surface area (Å²) in [5.41, 5.74) is 9.56. The Morgan fingerprint density at radius 3 is 2.53 bits per heavy atom. The monoisotopic (exact) mass is 245 g/mol. The topological polar surface area (TPSA) is 43.8 Å². The van der Waals surface area contributed by atoms with Crippen molar-refractivity contribution in [3.8, 4) is 5.69 Å². The first-order valence-electron chi connectivity index (χ1n) is 5.12. The van der Waals surface area contributed by atoms with Gasteiger partial charge in [0.15, 0.2) is 0 Å². The highest BCUT2D eigenvalue weighted by molar-refractivity contribution is 5.85. The predicted molar refractivity (Wildman–Crippen MR) is 72.7 cm³/mol. The van der Waals surface area contributed by atoms with E-state index in [-0.39, 0.29) is 12.4 Å². The van der Waals surface area contributed by atoms with Crippen LogP contribution in [0.3, 0.4) is 0 Å². The number of hydrogen-bond acceptors (Lipinski definition) is 2. The summed E-state index contributed by atoms with van der Waals surface area (Å²) in [6, 6.07) is 15.9. The molecule has 0 radical (unpaired) electrons. The molecule has 0 spiro atoms. The number of para-hydroxylation sites is 1. The van der Waals surface area contributed by atoms with Crippen LogP contribution in [0.25, 0.3) is 16.7 Å². The van der Waals surface area contributed by atoms with E-state index < -0.39 is 0 Å². The number of rotatable bonds is 1. The van der Waals surface area contributed by atoms with Crippen molar-refractivity contribution >= 4 is 29.1 Å². The van der Waals surface area contributed by atoms with Crippen molar-refractivity contribution in [1.29, 1.82) is 0 Å². The van der Waals surface area contributed by atoms with Gasteiger partial charge in [-0.3, -0.25) is 4.57 Å². The average molecular weight is 246 g/mol. The molecule has 3 nitrogen and oxygen atoms in total. The Labute approximate surface area is 105 Å². The molecule has 2 aromatic carbocycles. The van der Waals surface area contributed by atoms with Crippen molar-refractivity contribution < 1.29 is 0 Å². The number of nitrogens with two attached hydrogens (primary N) is 1.